The number of esters is 1. The summed E-state index contributed by atoms with van der Waals surface area (Å²) in [6.07, 6.45) is 0. The monoisotopic (exact) mass is 478 g/mol. The van der Waals surface area contributed by atoms with Gasteiger partial charge in [-0.15, -0.1) is 0 Å². The quantitative estimate of drug-likeness (QED) is 0.262. The number of aromatic nitrogens is 2. The van der Waals surface area contributed by atoms with Crippen molar-refractivity contribution in [3.63, 3.8) is 0 Å². The van der Waals surface area contributed by atoms with Crippen LogP contribution in [0.2, 0.25) is 0 Å². The van der Waals surface area contributed by atoms with Crippen LogP contribution in [0.25, 0.3) is 11.3 Å². The van der Waals surface area contributed by atoms with E-state index in [-0.39, 0.29) is 6.61 Å². The molecule has 2 N–H and O–H groups in total. The van der Waals surface area contributed by atoms with E-state index < -0.39 is 12.0 Å². The number of nitrogens with one attached hydrogen (secondary N) is 2. The van der Waals surface area contributed by atoms with Gasteiger partial charge in [0, 0.05) is 30.8 Å². The number of H-pyrrole nitrogens is 1. The van der Waals surface area contributed by atoms with Gasteiger partial charge in [0.25, 0.3) is 0 Å². The second kappa shape index (κ2) is 10.8. The number of nitrogens with zero attached hydrogens (tertiary/aromatic N) is 4. The minimum Gasteiger partial charge on any atom is -0.489 e. The lowest BCUT2D eigenvalue weighted by molar-refractivity contribution is 0.0518. The highest BCUT2D eigenvalue weighted by Crippen LogP contribution is 2.30. The number of carbonyl (C=O) groups excluding carboxylic acids is 2. The maximum Gasteiger partial charge on any atom is 0.356 e. The Morgan fingerprint density at radius 1 is 1.11 bits per heavy atom. The van der Waals surface area contributed by atoms with Gasteiger partial charge in [0.1, 0.15) is 18.1 Å². The first-order valence-corrected chi connectivity index (χ1v) is 11.1. The van der Waals surface area contributed by atoms with Crippen molar-refractivity contribution in [2.75, 3.05) is 25.6 Å². The molecule has 1 aromatic heterocycles. The molecule has 0 saturated carbocycles. The van der Waals surface area contributed by atoms with Crippen molar-refractivity contribution < 1.29 is 19.1 Å². The van der Waals surface area contributed by atoms with Crippen LogP contribution >= 0.6 is 0 Å². The molecule has 2 amide bonds. The third-order valence-electron chi connectivity index (χ3n) is 5.77. The third-order valence-corrected chi connectivity index (χ3v) is 5.77. The molecule has 0 aliphatic rings. The van der Waals surface area contributed by atoms with E-state index in [0.717, 1.165) is 32.8 Å². The highest BCUT2D eigenvalue weighted by molar-refractivity contribution is 5.92. The molecule has 0 aliphatic heterocycles. The number of hydrogen-bond donors (Lipinski definition) is 2. The smallest absolute Gasteiger partial charge is 0.356 e. The molecule has 2 aromatic carbocycles. The summed E-state index contributed by atoms with van der Waals surface area (Å²) in [7, 11) is 3.07. The van der Waals surface area contributed by atoms with Crippen molar-refractivity contribution in [3.8, 4) is 17.0 Å². The molecule has 3 rings (SSSR count). The van der Waals surface area contributed by atoms with Gasteiger partial charge in [0.15, 0.2) is 0 Å². The molecule has 0 saturated heterocycles. The number of anilines is 1. The second-order valence-electron chi connectivity index (χ2n) is 8.10. The Hall–Kier alpha value is -4.21. The van der Waals surface area contributed by atoms with Crippen LogP contribution in [0.4, 0.5) is 10.5 Å². The lowest BCUT2D eigenvalue weighted by Gasteiger charge is -2.24. The summed E-state index contributed by atoms with van der Waals surface area (Å²) in [5.41, 5.74) is 13.1. The van der Waals surface area contributed by atoms with E-state index in [4.69, 9.17) is 15.0 Å². The normalized spacial score (nSPS) is 10.6. The number of aryl methyl sites for hydroxylation is 2. The number of carbonyl (C=O) groups is 2. The van der Waals surface area contributed by atoms with Crippen molar-refractivity contribution >= 4 is 17.7 Å². The van der Waals surface area contributed by atoms with E-state index in [2.05, 4.69) is 15.4 Å². The first-order chi connectivity index (χ1) is 16.7. The van der Waals surface area contributed by atoms with Crippen LogP contribution in [0.3, 0.4) is 0 Å². The zero-order chi connectivity index (χ0) is 25.7. The van der Waals surface area contributed by atoms with Gasteiger partial charge in [-0.1, -0.05) is 17.4 Å². The molecular weight excluding hydrogens is 448 g/mol. The van der Waals surface area contributed by atoms with Crippen molar-refractivity contribution in [1.29, 1.82) is 5.53 Å². The molecule has 0 fully saturated rings. The molecule has 10 nitrogen and oxygen atoms in total. The van der Waals surface area contributed by atoms with E-state index in [9.17, 15) is 9.59 Å². The Morgan fingerprint density at radius 3 is 2.51 bits per heavy atom. The van der Waals surface area contributed by atoms with Gasteiger partial charge < -0.3 is 9.47 Å². The number of urea groups is 1. The number of aromatic amines is 1. The van der Waals surface area contributed by atoms with E-state index >= 15 is 0 Å². The second-order valence-corrected chi connectivity index (χ2v) is 8.10. The number of ether oxygens (including phenoxy) is 2. The minimum atomic E-state index is -0.430. The maximum atomic E-state index is 12.5. The lowest BCUT2D eigenvalue weighted by atomic mass is 10.0. The van der Waals surface area contributed by atoms with Gasteiger partial charge in [-0.05, 0) is 63.1 Å². The Morgan fingerprint density at radius 2 is 1.86 bits per heavy atom. The Kier molecular flexibility index (Phi) is 7.85. The number of amides is 2. The van der Waals surface area contributed by atoms with Crippen LogP contribution in [0.1, 0.15) is 39.7 Å². The van der Waals surface area contributed by atoms with E-state index in [1.165, 1.54) is 11.9 Å². The first-order valence-electron chi connectivity index (χ1n) is 11.1. The highest BCUT2D eigenvalue weighted by Gasteiger charge is 2.21. The SMILES string of the molecule is CCOC(=O)c1[nH]nc(-c2ccc(OCc3c(C)cccc3N(C)C(=O)N(C)N=N)c(C)c2)c1C. The largest absolute Gasteiger partial charge is 0.489 e. The summed E-state index contributed by atoms with van der Waals surface area (Å²) in [4.78, 5) is 26.0. The molecular formula is C25H30N6O4. The Labute approximate surface area is 204 Å². The van der Waals surface area contributed by atoms with Crippen molar-refractivity contribution in [1.82, 2.24) is 15.2 Å². The predicted octanol–water partition coefficient (Wildman–Crippen LogP) is 5.19. The molecule has 1 heterocycles. The first kappa shape index (κ1) is 25.4. The van der Waals surface area contributed by atoms with Crippen LogP contribution in [0, 0.1) is 26.3 Å². The van der Waals surface area contributed by atoms with Crippen LogP contribution in [-0.4, -0.2) is 47.9 Å². The van der Waals surface area contributed by atoms with Crippen LogP contribution in [-0.2, 0) is 11.3 Å². The molecule has 0 unspecified atom stereocenters. The molecule has 35 heavy (non-hydrogen) atoms. The van der Waals surface area contributed by atoms with Gasteiger partial charge in [0.2, 0.25) is 0 Å². The zero-order valence-corrected chi connectivity index (χ0v) is 20.8. The zero-order valence-electron chi connectivity index (χ0n) is 20.8. The average Bonchev–Trinajstić information content (AvgIpc) is 3.23. The number of rotatable bonds is 8. The Bertz CT molecular complexity index is 1250. The van der Waals surface area contributed by atoms with Crippen molar-refractivity contribution in [3.05, 3.63) is 64.3 Å². The lowest BCUT2D eigenvalue weighted by Crippen LogP contribution is -2.36. The van der Waals surface area contributed by atoms with Crippen LogP contribution in [0.5, 0.6) is 5.75 Å². The summed E-state index contributed by atoms with van der Waals surface area (Å²) in [6.45, 7) is 8.02. The molecule has 3 aromatic rings. The van der Waals surface area contributed by atoms with Gasteiger partial charge in [-0.25, -0.2) is 9.59 Å². The summed E-state index contributed by atoms with van der Waals surface area (Å²) in [6, 6.07) is 10.9. The number of benzene rings is 2. The molecule has 184 valence electrons. The van der Waals surface area contributed by atoms with Crippen LogP contribution in [0.15, 0.2) is 41.6 Å². The Balaban J connectivity index is 1.82. The average molecular weight is 479 g/mol. The predicted molar refractivity (Wildman–Crippen MR) is 132 cm³/mol. The van der Waals surface area contributed by atoms with E-state index in [0.29, 0.717) is 29.4 Å². The van der Waals surface area contributed by atoms with Gasteiger partial charge in [-0.3, -0.25) is 10.00 Å². The fraction of sp³-hybridized carbons (Fsp3) is 0.320. The van der Waals surface area contributed by atoms with Gasteiger partial charge in [0.05, 0.1) is 18.0 Å². The third kappa shape index (κ3) is 5.32. The fourth-order valence-electron chi connectivity index (χ4n) is 3.74. The molecule has 0 radical (unpaired) electrons. The number of hydrogen-bond acceptors (Lipinski definition) is 7. The molecule has 0 aliphatic carbocycles. The van der Waals surface area contributed by atoms with Crippen LogP contribution < -0.4 is 9.64 Å². The summed E-state index contributed by atoms with van der Waals surface area (Å²) in [5.74, 6) is 0.259. The van der Waals surface area contributed by atoms with Gasteiger partial charge >= 0.3 is 12.0 Å². The van der Waals surface area contributed by atoms with E-state index in [1.54, 1.807) is 14.0 Å². The topological polar surface area (TPSA) is 124 Å². The summed E-state index contributed by atoms with van der Waals surface area (Å²) < 4.78 is 11.2. The minimum absolute atomic E-state index is 0.246. The molecule has 0 atom stereocenters. The van der Waals surface area contributed by atoms with Gasteiger partial charge in [-0.2, -0.15) is 15.6 Å². The molecule has 10 heteroatoms. The van der Waals surface area contributed by atoms with Crippen molar-refractivity contribution in [2.24, 2.45) is 5.22 Å². The van der Waals surface area contributed by atoms with E-state index in [1.807, 2.05) is 57.2 Å². The fourth-order valence-corrected chi connectivity index (χ4v) is 3.74. The van der Waals surface area contributed by atoms with Crippen molar-refractivity contribution in [2.45, 2.75) is 34.3 Å². The highest BCUT2D eigenvalue weighted by atomic mass is 16.5. The standard InChI is InChI=1S/C25H30N6O4/c1-7-34-24(32)23-17(4)22(27-28-23)18-11-12-21(16(3)13-18)35-14-19-15(2)9-8-10-20(19)30(5)25(33)31(6)29-26/h8-13,26H,7,14H2,1-6H3,(H,27,28). The molecule has 0 bridgehead atoms. The maximum absolute atomic E-state index is 12.5. The summed E-state index contributed by atoms with van der Waals surface area (Å²) in [5, 5.41) is 11.2. The molecule has 0 spiro atoms. The summed E-state index contributed by atoms with van der Waals surface area (Å²) >= 11 is 0.